The minimum Gasteiger partial charge on any atom is -0.507 e. The predicted molar refractivity (Wildman–Crippen MR) is 113 cm³/mol. The Balaban J connectivity index is 2.02. The van der Waals surface area contributed by atoms with Crippen LogP contribution >= 0.6 is 0 Å². The van der Waals surface area contributed by atoms with Crippen LogP contribution < -0.4 is 5.56 Å². The fourth-order valence-corrected chi connectivity index (χ4v) is 3.56. The molecule has 162 valence electrons. The molecule has 3 N–H and O–H groups in total. The van der Waals surface area contributed by atoms with Crippen LogP contribution in [0.1, 0.15) is 34.7 Å². The third-order valence-corrected chi connectivity index (χ3v) is 5.22. The smallest absolute Gasteiger partial charge is 0.306 e. The van der Waals surface area contributed by atoms with Gasteiger partial charge in [0, 0.05) is 30.6 Å². The number of aryl methyl sites for hydroxylation is 2. The van der Waals surface area contributed by atoms with E-state index in [1.807, 2.05) is 0 Å². The first kappa shape index (κ1) is 21.9. The molecule has 0 saturated heterocycles. The van der Waals surface area contributed by atoms with Crippen LogP contribution in [0.4, 0.5) is 0 Å². The first-order chi connectivity index (χ1) is 14.8. The molecule has 3 aromatic rings. The summed E-state index contributed by atoms with van der Waals surface area (Å²) in [6.45, 7) is 1.98. The third-order valence-electron chi connectivity index (χ3n) is 5.22. The number of methoxy groups -OCH3 is 1. The van der Waals surface area contributed by atoms with E-state index in [-0.39, 0.29) is 35.8 Å². The molecule has 0 spiro atoms. The Morgan fingerprint density at radius 2 is 1.90 bits per heavy atom. The number of aromatic nitrogens is 2. The van der Waals surface area contributed by atoms with Gasteiger partial charge in [-0.1, -0.05) is 12.1 Å². The summed E-state index contributed by atoms with van der Waals surface area (Å²) in [5, 5.41) is 29.8. The van der Waals surface area contributed by atoms with E-state index in [9.17, 15) is 24.9 Å². The molecule has 1 atom stereocenters. The van der Waals surface area contributed by atoms with Crippen molar-refractivity contribution in [1.29, 1.82) is 0 Å². The topological polar surface area (TPSA) is 122 Å². The number of benzene rings is 1. The van der Waals surface area contributed by atoms with Crippen molar-refractivity contribution in [2.24, 2.45) is 0 Å². The number of carbonyl (C=O) groups is 1. The quantitative estimate of drug-likeness (QED) is 0.394. The summed E-state index contributed by atoms with van der Waals surface area (Å²) in [6, 6.07) is 9.41. The van der Waals surface area contributed by atoms with Gasteiger partial charge in [-0.3, -0.25) is 14.6 Å². The zero-order valence-corrected chi connectivity index (χ0v) is 17.3. The Hall–Kier alpha value is -3.81. The number of phenolic OH excluding ortho intramolecular Hbond substituents is 2. The Kier molecular flexibility index (Phi) is 6.59. The minimum absolute atomic E-state index is 0.0950. The van der Waals surface area contributed by atoms with E-state index < -0.39 is 17.4 Å². The molecule has 0 radical (unpaired) electrons. The average molecular weight is 424 g/mol. The highest BCUT2D eigenvalue weighted by Gasteiger charge is 2.26. The number of hydrogen-bond donors (Lipinski definition) is 3. The number of nitrogens with zero attached hydrogens (tertiary/aromatic N) is 2. The summed E-state index contributed by atoms with van der Waals surface area (Å²) in [6.07, 6.45) is 3.42. The molecule has 3 rings (SSSR count). The maximum Gasteiger partial charge on any atom is 0.306 e. The molecule has 31 heavy (non-hydrogen) atoms. The number of carbonyl (C=O) groups excluding carboxylic acids is 1. The van der Waals surface area contributed by atoms with Gasteiger partial charge >= 0.3 is 5.97 Å². The Bertz CT molecular complexity index is 1140. The van der Waals surface area contributed by atoms with Crippen LogP contribution in [0.25, 0.3) is 0 Å². The molecular formula is C23H24N2O6. The maximum absolute atomic E-state index is 13.4. The van der Waals surface area contributed by atoms with E-state index in [0.717, 1.165) is 5.56 Å². The molecule has 0 aliphatic carbocycles. The second-order valence-electron chi connectivity index (χ2n) is 7.23. The number of ether oxygens (including phenoxy) is 1. The number of esters is 1. The number of pyridine rings is 2. The molecule has 0 saturated carbocycles. The monoisotopic (exact) mass is 424 g/mol. The minimum atomic E-state index is -0.724. The van der Waals surface area contributed by atoms with Gasteiger partial charge in [0.2, 0.25) is 0 Å². The molecule has 2 aromatic heterocycles. The summed E-state index contributed by atoms with van der Waals surface area (Å²) in [5.41, 5.74) is 1.57. The van der Waals surface area contributed by atoms with E-state index in [4.69, 9.17) is 4.74 Å². The van der Waals surface area contributed by atoms with Crippen molar-refractivity contribution < 1.29 is 24.9 Å². The van der Waals surface area contributed by atoms with Gasteiger partial charge in [-0.15, -0.1) is 0 Å². The number of hydrogen-bond acceptors (Lipinski definition) is 7. The summed E-state index contributed by atoms with van der Waals surface area (Å²) in [4.78, 5) is 29.5. The Morgan fingerprint density at radius 3 is 2.55 bits per heavy atom. The lowest BCUT2D eigenvalue weighted by Crippen LogP contribution is -2.29. The number of rotatable bonds is 7. The molecular weight excluding hydrogens is 400 g/mol. The highest BCUT2D eigenvalue weighted by atomic mass is 16.5. The molecule has 0 amide bonds. The highest BCUT2D eigenvalue weighted by Crippen LogP contribution is 2.32. The molecule has 2 heterocycles. The lowest BCUT2D eigenvalue weighted by atomic mass is 9.89. The summed E-state index contributed by atoms with van der Waals surface area (Å²) >= 11 is 0. The van der Waals surface area contributed by atoms with Crippen molar-refractivity contribution in [3.8, 4) is 17.2 Å². The standard InChI is InChI=1S/C23H24N2O6/c1-14-10-20(28)22(17(12-21(29)31-2)16-4-3-8-24-13-16)23(30)25(14)9-7-15-5-6-18(26)19(27)11-15/h3-6,8,10-11,13,17,26-28H,7,9,12H2,1-2H3/t17-/m0/s1. The van der Waals surface area contributed by atoms with Crippen LogP contribution in [0.2, 0.25) is 0 Å². The normalized spacial score (nSPS) is 11.8. The van der Waals surface area contributed by atoms with Gasteiger partial charge in [0.25, 0.3) is 5.56 Å². The van der Waals surface area contributed by atoms with Gasteiger partial charge in [0.1, 0.15) is 5.75 Å². The SMILES string of the molecule is COC(=O)C[C@@H](c1cccnc1)c1c(O)cc(C)n(CCc2ccc(O)c(O)c2)c1=O. The molecule has 0 aliphatic heterocycles. The van der Waals surface area contributed by atoms with E-state index in [1.165, 1.54) is 29.9 Å². The van der Waals surface area contributed by atoms with E-state index in [0.29, 0.717) is 17.7 Å². The first-order valence-corrected chi connectivity index (χ1v) is 9.72. The maximum atomic E-state index is 13.4. The van der Waals surface area contributed by atoms with Crippen molar-refractivity contribution in [3.05, 3.63) is 81.5 Å². The van der Waals surface area contributed by atoms with Crippen molar-refractivity contribution in [2.45, 2.75) is 32.2 Å². The second-order valence-corrected chi connectivity index (χ2v) is 7.23. The van der Waals surface area contributed by atoms with Crippen LogP contribution in [0, 0.1) is 6.92 Å². The number of aromatic hydroxyl groups is 3. The second kappa shape index (κ2) is 9.34. The van der Waals surface area contributed by atoms with Crippen molar-refractivity contribution >= 4 is 5.97 Å². The summed E-state index contributed by atoms with van der Waals surface area (Å²) < 4.78 is 6.30. The Labute approximate surface area is 179 Å². The largest absolute Gasteiger partial charge is 0.507 e. The number of phenols is 2. The van der Waals surface area contributed by atoms with Crippen LogP contribution in [-0.2, 0) is 22.5 Å². The predicted octanol–water partition coefficient (Wildman–Crippen LogP) is 2.61. The summed E-state index contributed by atoms with van der Waals surface area (Å²) in [7, 11) is 1.27. The van der Waals surface area contributed by atoms with Gasteiger partial charge in [0.05, 0.1) is 19.1 Å². The Morgan fingerprint density at radius 1 is 1.13 bits per heavy atom. The van der Waals surface area contributed by atoms with Gasteiger partial charge < -0.3 is 24.6 Å². The van der Waals surface area contributed by atoms with E-state index >= 15 is 0 Å². The molecule has 0 unspecified atom stereocenters. The zero-order valence-electron chi connectivity index (χ0n) is 17.3. The third kappa shape index (κ3) is 4.85. The fraction of sp³-hybridized carbons (Fsp3) is 0.261. The van der Waals surface area contributed by atoms with Gasteiger partial charge in [0.15, 0.2) is 11.5 Å². The molecule has 0 fully saturated rings. The summed E-state index contributed by atoms with van der Waals surface area (Å²) in [5.74, 6) is -1.88. The van der Waals surface area contributed by atoms with Crippen molar-refractivity contribution in [3.63, 3.8) is 0 Å². The van der Waals surface area contributed by atoms with Crippen molar-refractivity contribution in [1.82, 2.24) is 9.55 Å². The van der Waals surface area contributed by atoms with Gasteiger partial charge in [-0.05, 0) is 48.7 Å². The molecule has 8 heteroatoms. The fourth-order valence-electron chi connectivity index (χ4n) is 3.56. The molecule has 8 nitrogen and oxygen atoms in total. The van der Waals surface area contributed by atoms with Crippen LogP contribution in [-0.4, -0.2) is 37.9 Å². The van der Waals surface area contributed by atoms with Gasteiger partial charge in [-0.2, -0.15) is 0 Å². The lowest BCUT2D eigenvalue weighted by Gasteiger charge is -2.20. The van der Waals surface area contributed by atoms with Crippen molar-refractivity contribution in [2.75, 3.05) is 7.11 Å². The molecule has 0 aliphatic rings. The average Bonchev–Trinajstić information content (AvgIpc) is 2.75. The molecule has 1 aromatic carbocycles. The van der Waals surface area contributed by atoms with Gasteiger partial charge in [-0.25, -0.2) is 0 Å². The molecule has 0 bridgehead atoms. The lowest BCUT2D eigenvalue weighted by molar-refractivity contribution is -0.140. The van der Waals surface area contributed by atoms with Crippen LogP contribution in [0.3, 0.4) is 0 Å². The van der Waals surface area contributed by atoms with E-state index in [2.05, 4.69) is 4.98 Å². The highest BCUT2D eigenvalue weighted by molar-refractivity contribution is 5.71. The first-order valence-electron chi connectivity index (χ1n) is 9.72. The zero-order chi connectivity index (χ0) is 22.5. The van der Waals surface area contributed by atoms with E-state index in [1.54, 1.807) is 37.5 Å². The van der Waals surface area contributed by atoms with Crippen LogP contribution in [0.15, 0.2) is 53.6 Å². The van der Waals surface area contributed by atoms with Crippen LogP contribution in [0.5, 0.6) is 17.2 Å².